The molecule has 5 heteroatoms. The minimum atomic E-state index is -0.221. The van der Waals surface area contributed by atoms with E-state index in [9.17, 15) is 9.90 Å². The van der Waals surface area contributed by atoms with Gasteiger partial charge in [-0.3, -0.25) is 4.79 Å². The summed E-state index contributed by atoms with van der Waals surface area (Å²) < 4.78 is 1.86. The second kappa shape index (κ2) is 6.76. The van der Waals surface area contributed by atoms with Crippen molar-refractivity contribution < 1.29 is 9.90 Å². The van der Waals surface area contributed by atoms with Gasteiger partial charge in [-0.2, -0.15) is 0 Å². The van der Waals surface area contributed by atoms with Gasteiger partial charge in [0.2, 0.25) is 0 Å². The van der Waals surface area contributed by atoms with Crippen LogP contribution >= 0.6 is 0 Å². The summed E-state index contributed by atoms with van der Waals surface area (Å²) in [5.74, 6) is -0.0851. The zero-order valence-corrected chi connectivity index (χ0v) is 12.9. The molecule has 2 heterocycles. The number of aromatic nitrogens is 2. The highest BCUT2D eigenvalue weighted by molar-refractivity contribution is 6.04. The predicted octanol–water partition coefficient (Wildman–Crippen LogP) is 3.63. The minimum absolute atomic E-state index is 0.136. The van der Waals surface area contributed by atoms with Crippen molar-refractivity contribution in [1.82, 2.24) is 9.38 Å². The van der Waals surface area contributed by atoms with Gasteiger partial charge < -0.3 is 14.8 Å². The number of phenolic OH excluding ortho intramolecular Hbond substituents is 1. The summed E-state index contributed by atoms with van der Waals surface area (Å²) in [6, 6.07) is 9.77. The Kier molecular flexibility index (Phi) is 4.78. The molecule has 0 radical (unpaired) electrons. The lowest BCUT2D eigenvalue weighted by atomic mass is 10.2. The maximum absolute atomic E-state index is 12.0. The lowest BCUT2D eigenvalue weighted by Crippen LogP contribution is -2.11. The Balaban J connectivity index is 0.000000847. The molecule has 2 aromatic heterocycles. The van der Waals surface area contributed by atoms with E-state index in [0.29, 0.717) is 11.3 Å². The van der Waals surface area contributed by atoms with Gasteiger partial charge in [0.15, 0.2) is 0 Å². The Morgan fingerprint density at radius 2 is 1.77 bits per heavy atom. The first-order valence-electron chi connectivity index (χ1n) is 7.17. The van der Waals surface area contributed by atoms with Crippen molar-refractivity contribution in [1.29, 1.82) is 0 Å². The lowest BCUT2D eigenvalue weighted by molar-refractivity contribution is 0.102. The van der Waals surface area contributed by atoms with Gasteiger partial charge in [0.1, 0.15) is 11.4 Å². The second-order valence-electron chi connectivity index (χ2n) is 4.57. The summed E-state index contributed by atoms with van der Waals surface area (Å²) in [6.45, 7) is 5.92. The van der Waals surface area contributed by atoms with Crippen molar-refractivity contribution in [3.8, 4) is 5.75 Å². The first-order valence-corrected chi connectivity index (χ1v) is 7.17. The van der Waals surface area contributed by atoms with E-state index in [4.69, 9.17) is 0 Å². The average molecular weight is 297 g/mol. The molecule has 0 aliphatic carbocycles. The molecule has 0 spiro atoms. The van der Waals surface area contributed by atoms with Gasteiger partial charge in [-0.1, -0.05) is 13.8 Å². The van der Waals surface area contributed by atoms with E-state index in [1.165, 1.54) is 12.1 Å². The number of nitrogens with zero attached hydrogens (tertiary/aromatic N) is 2. The van der Waals surface area contributed by atoms with Crippen molar-refractivity contribution in [2.75, 3.05) is 5.32 Å². The highest BCUT2D eigenvalue weighted by atomic mass is 16.3. The summed E-state index contributed by atoms with van der Waals surface area (Å²) in [4.78, 5) is 16.4. The first kappa shape index (κ1) is 15.6. The molecule has 0 saturated carbocycles. The molecule has 1 aromatic carbocycles. The number of phenols is 1. The van der Waals surface area contributed by atoms with E-state index < -0.39 is 0 Å². The van der Waals surface area contributed by atoms with Crippen LogP contribution in [-0.4, -0.2) is 20.4 Å². The Morgan fingerprint density at radius 1 is 1.09 bits per heavy atom. The number of aryl methyl sites for hydroxylation is 1. The van der Waals surface area contributed by atoms with E-state index in [1.54, 1.807) is 18.2 Å². The number of nitrogens with one attached hydrogen (secondary N) is 1. The molecule has 2 N–H and O–H groups in total. The van der Waals surface area contributed by atoms with E-state index in [-0.39, 0.29) is 11.7 Å². The Hall–Kier alpha value is -2.82. The molecule has 0 unspecified atom stereocenters. The van der Waals surface area contributed by atoms with Crippen LogP contribution in [0.15, 0.2) is 48.8 Å². The number of rotatable bonds is 2. The van der Waals surface area contributed by atoms with Gasteiger partial charge in [-0.05, 0) is 43.3 Å². The van der Waals surface area contributed by atoms with Crippen molar-refractivity contribution in [3.05, 3.63) is 60.0 Å². The number of carbonyl (C=O) groups excluding carboxylic acids is 1. The molecule has 5 nitrogen and oxygen atoms in total. The summed E-state index contributed by atoms with van der Waals surface area (Å²) in [6.07, 6.45) is 3.71. The summed E-state index contributed by atoms with van der Waals surface area (Å²) in [5, 5.41) is 12.0. The maximum Gasteiger partial charge on any atom is 0.255 e. The van der Waals surface area contributed by atoms with Crippen LogP contribution in [0.5, 0.6) is 5.75 Å². The van der Waals surface area contributed by atoms with Crippen LogP contribution in [0.4, 0.5) is 5.69 Å². The number of imidazole rings is 1. The van der Waals surface area contributed by atoms with Gasteiger partial charge in [-0.25, -0.2) is 4.98 Å². The molecule has 3 rings (SSSR count). The van der Waals surface area contributed by atoms with Gasteiger partial charge in [0, 0.05) is 18.0 Å². The molecule has 3 aromatic rings. The molecule has 0 atom stereocenters. The summed E-state index contributed by atoms with van der Waals surface area (Å²) >= 11 is 0. The average Bonchev–Trinajstić information content (AvgIpc) is 2.89. The first-order chi connectivity index (χ1) is 10.6. The molecule has 22 heavy (non-hydrogen) atoms. The van der Waals surface area contributed by atoms with E-state index in [1.807, 2.05) is 43.6 Å². The Labute approximate surface area is 129 Å². The fourth-order valence-electron chi connectivity index (χ4n) is 2.01. The van der Waals surface area contributed by atoms with Crippen LogP contribution in [0.25, 0.3) is 5.65 Å². The van der Waals surface area contributed by atoms with E-state index in [2.05, 4.69) is 10.3 Å². The predicted molar refractivity (Wildman–Crippen MR) is 87.3 cm³/mol. The third-order valence-corrected chi connectivity index (χ3v) is 2.96. The third kappa shape index (κ3) is 3.44. The van der Waals surface area contributed by atoms with E-state index in [0.717, 1.165) is 11.3 Å². The van der Waals surface area contributed by atoms with Crippen LogP contribution in [-0.2, 0) is 0 Å². The number of hydrogen-bond donors (Lipinski definition) is 2. The molecule has 0 saturated heterocycles. The van der Waals surface area contributed by atoms with Crippen molar-refractivity contribution in [2.24, 2.45) is 0 Å². The smallest absolute Gasteiger partial charge is 0.255 e. The maximum atomic E-state index is 12.0. The van der Waals surface area contributed by atoms with Gasteiger partial charge >= 0.3 is 0 Å². The number of fused-ring (bicyclic) bond motifs is 1. The number of pyridine rings is 1. The quantitative estimate of drug-likeness (QED) is 0.759. The molecular weight excluding hydrogens is 278 g/mol. The number of carbonyl (C=O) groups is 1. The molecular formula is C17H19N3O2. The SMILES string of the molecule is CC.Cc1cn2cc(NC(=O)c3ccc(O)cc3)ccc2n1. The highest BCUT2D eigenvalue weighted by Gasteiger charge is 2.07. The molecule has 0 aliphatic rings. The molecule has 0 fully saturated rings. The number of hydrogen-bond acceptors (Lipinski definition) is 3. The molecule has 0 aliphatic heterocycles. The van der Waals surface area contributed by atoms with Gasteiger partial charge in [0.05, 0.1) is 11.4 Å². The normalized spacial score (nSPS) is 9.95. The topological polar surface area (TPSA) is 66.6 Å². The number of aromatic hydroxyl groups is 1. The third-order valence-electron chi connectivity index (χ3n) is 2.96. The van der Waals surface area contributed by atoms with Crippen molar-refractivity contribution in [2.45, 2.75) is 20.8 Å². The number of anilines is 1. The monoisotopic (exact) mass is 297 g/mol. The highest BCUT2D eigenvalue weighted by Crippen LogP contribution is 2.14. The van der Waals surface area contributed by atoms with Crippen LogP contribution < -0.4 is 5.32 Å². The van der Waals surface area contributed by atoms with Crippen LogP contribution in [0.3, 0.4) is 0 Å². The fraction of sp³-hybridized carbons (Fsp3) is 0.176. The molecule has 1 amide bonds. The summed E-state index contributed by atoms with van der Waals surface area (Å²) in [7, 11) is 0. The van der Waals surface area contributed by atoms with Crippen molar-refractivity contribution >= 4 is 17.2 Å². The Morgan fingerprint density at radius 3 is 2.45 bits per heavy atom. The fourth-order valence-corrected chi connectivity index (χ4v) is 2.01. The lowest BCUT2D eigenvalue weighted by Gasteiger charge is -2.06. The van der Waals surface area contributed by atoms with Crippen LogP contribution in [0, 0.1) is 6.92 Å². The van der Waals surface area contributed by atoms with Gasteiger partial charge in [-0.15, -0.1) is 0 Å². The van der Waals surface area contributed by atoms with Crippen molar-refractivity contribution in [3.63, 3.8) is 0 Å². The van der Waals surface area contributed by atoms with Gasteiger partial charge in [0.25, 0.3) is 5.91 Å². The number of amides is 1. The Bertz CT molecular complexity index is 776. The zero-order valence-electron chi connectivity index (χ0n) is 12.9. The van der Waals surface area contributed by atoms with Crippen LogP contribution in [0.2, 0.25) is 0 Å². The number of benzene rings is 1. The zero-order chi connectivity index (χ0) is 16.1. The largest absolute Gasteiger partial charge is 0.508 e. The van der Waals surface area contributed by atoms with E-state index >= 15 is 0 Å². The standard InChI is InChI=1S/C15H13N3O2.C2H6/c1-10-8-18-9-12(4-7-14(18)16-10)17-15(20)11-2-5-13(19)6-3-11;1-2/h2-9,19H,1H3,(H,17,20);1-2H3. The molecule has 114 valence electrons. The minimum Gasteiger partial charge on any atom is -0.508 e. The second-order valence-corrected chi connectivity index (χ2v) is 4.57. The summed E-state index contributed by atoms with van der Waals surface area (Å²) in [5.41, 5.74) is 2.94. The van der Waals surface area contributed by atoms with Crippen LogP contribution in [0.1, 0.15) is 29.9 Å². The molecule has 0 bridgehead atoms.